The molecule has 0 aliphatic carbocycles. The lowest BCUT2D eigenvalue weighted by molar-refractivity contribution is -0.143. The van der Waals surface area contributed by atoms with Gasteiger partial charge in [-0.05, 0) is 30.0 Å². The van der Waals surface area contributed by atoms with Gasteiger partial charge in [0.15, 0.2) is 0 Å². The van der Waals surface area contributed by atoms with Gasteiger partial charge in [0.1, 0.15) is 0 Å². The molecule has 1 N–H and O–H groups in total. The van der Waals surface area contributed by atoms with E-state index in [2.05, 4.69) is 5.32 Å². The van der Waals surface area contributed by atoms with Gasteiger partial charge in [0, 0.05) is 5.02 Å². The highest BCUT2D eigenvalue weighted by molar-refractivity contribution is 7.12. The summed E-state index contributed by atoms with van der Waals surface area (Å²) in [6.07, 6.45) is 0.0364. The van der Waals surface area contributed by atoms with Crippen molar-refractivity contribution in [2.45, 2.75) is 19.4 Å². The summed E-state index contributed by atoms with van der Waals surface area (Å²) >= 11 is 7.53. The first-order chi connectivity index (χ1) is 10.6. The molecule has 2 aromatic rings. The molecule has 22 heavy (non-hydrogen) atoms. The fraction of sp³-hybridized carbons (Fsp3) is 0.250. The molecule has 0 bridgehead atoms. The Hall–Kier alpha value is -1.85. The van der Waals surface area contributed by atoms with Gasteiger partial charge in [0.05, 0.1) is 23.9 Å². The molecule has 2 rings (SSSR count). The molecular weight excluding hydrogens is 322 g/mol. The van der Waals surface area contributed by atoms with Crippen molar-refractivity contribution < 1.29 is 14.3 Å². The predicted molar refractivity (Wildman–Crippen MR) is 87.2 cm³/mol. The number of amides is 1. The molecule has 0 fully saturated rings. The molecule has 1 heterocycles. The van der Waals surface area contributed by atoms with Crippen LogP contribution in [0.2, 0.25) is 5.02 Å². The van der Waals surface area contributed by atoms with Crippen LogP contribution in [0.4, 0.5) is 0 Å². The zero-order valence-corrected chi connectivity index (χ0v) is 13.6. The van der Waals surface area contributed by atoms with Crippen LogP contribution >= 0.6 is 22.9 Å². The average Bonchev–Trinajstić information content (AvgIpc) is 3.01. The molecule has 116 valence electrons. The molecule has 0 radical (unpaired) electrons. The largest absolute Gasteiger partial charge is 0.466 e. The lowest BCUT2D eigenvalue weighted by Gasteiger charge is -2.19. The Labute approximate surface area is 138 Å². The molecule has 6 heteroatoms. The Morgan fingerprint density at radius 3 is 2.68 bits per heavy atom. The van der Waals surface area contributed by atoms with Crippen LogP contribution < -0.4 is 5.32 Å². The minimum absolute atomic E-state index is 0.0364. The normalized spacial score (nSPS) is 11.7. The van der Waals surface area contributed by atoms with Gasteiger partial charge in [-0.25, -0.2) is 0 Å². The summed E-state index contributed by atoms with van der Waals surface area (Å²) in [6, 6.07) is 10.1. The number of hydrogen-bond donors (Lipinski definition) is 1. The number of ether oxygens (including phenoxy) is 1. The Morgan fingerprint density at radius 1 is 1.27 bits per heavy atom. The summed E-state index contributed by atoms with van der Waals surface area (Å²) in [5.41, 5.74) is 0.696. The van der Waals surface area contributed by atoms with Gasteiger partial charge in [-0.1, -0.05) is 35.9 Å². The van der Waals surface area contributed by atoms with Crippen molar-refractivity contribution in [3.63, 3.8) is 0 Å². The second-order valence-electron chi connectivity index (χ2n) is 4.53. The number of carbonyl (C=O) groups excluding carboxylic acids is 2. The average molecular weight is 338 g/mol. The third kappa shape index (κ3) is 4.32. The monoisotopic (exact) mass is 337 g/mol. The summed E-state index contributed by atoms with van der Waals surface area (Å²) in [5.74, 6) is -0.608. The number of esters is 1. The Kier molecular flexibility index (Phi) is 5.98. The molecule has 0 unspecified atom stereocenters. The van der Waals surface area contributed by atoms with E-state index in [0.29, 0.717) is 22.1 Å². The van der Waals surface area contributed by atoms with E-state index in [1.807, 2.05) is 11.4 Å². The van der Waals surface area contributed by atoms with Crippen LogP contribution in [0, 0.1) is 0 Å². The second kappa shape index (κ2) is 7.96. The van der Waals surface area contributed by atoms with Crippen LogP contribution in [0.5, 0.6) is 0 Å². The van der Waals surface area contributed by atoms with Crippen LogP contribution in [0.25, 0.3) is 0 Å². The maximum atomic E-state index is 12.2. The third-order valence-electron chi connectivity index (χ3n) is 3.01. The Morgan fingerprint density at radius 2 is 2.05 bits per heavy atom. The van der Waals surface area contributed by atoms with Crippen molar-refractivity contribution in [3.8, 4) is 0 Å². The van der Waals surface area contributed by atoms with E-state index in [1.54, 1.807) is 37.3 Å². The molecule has 0 saturated heterocycles. The van der Waals surface area contributed by atoms with Gasteiger partial charge in [0.2, 0.25) is 0 Å². The summed E-state index contributed by atoms with van der Waals surface area (Å²) < 4.78 is 4.98. The van der Waals surface area contributed by atoms with Crippen LogP contribution in [0.3, 0.4) is 0 Å². The van der Waals surface area contributed by atoms with Crippen molar-refractivity contribution in [2.24, 2.45) is 0 Å². The standard InChI is InChI=1S/C16H16ClNO3S/c1-2-21-15(19)10-13(11-6-3-4-7-12(11)17)18-16(20)14-8-5-9-22-14/h3-9,13H,2,10H2,1H3,(H,18,20)/t13-/m1/s1. The number of nitrogens with one attached hydrogen (secondary N) is 1. The van der Waals surface area contributed by atoms with Crippen molar-refractivity contribution in [3.05, 3.63) is 57.2 Å². The SMILES string of the molecule is CCOC(=O)C[C@@H](NC(=O)c1cccs1)c1ccccc1Cl. The zero-order chi connectivity index (χ0) is 15.9. The number of hydrogen-bond acceptors (Lipinski definition) is 4. The maximum Gasteiger partial charge on any atom is 0.308 e. The van der Waals surface area contributed by atoms with Gasteiger partial charge < -0.3 is 10.1 Å². The summed E-state index contributed by atoms with van der Waals surface area (Å²) in [7, 11) is 0. The first kappa shape index (κ1) is 16.5. The van der Waals surface area contributed by atoms with Gasteiger partial charge in [0.25, 0.3) is 5.91 Å². The molecule has 1 aromatic carbocycles. The maximum absolute atomic E-state index is 12.2. The first-order valence-corrected chi connectivity index (χ1v) is 8.12. The molecule has 0 spiro atoms. The lowest BCUT2D eigenvalue weighted by atomic mass is 10.0. The number of thiophene rings is 1. The van der Waals surface area contributed by atoms with E-state index in [-0.39, 0.29) is 18.3 Å². The van der Waals surface area contributed by atoms with Crippen molar-refractivity contribution >= 4 is 34.8 Å². The zero-order valence-electron chi connectivity index (χ0n) is 12.0. The number of rotatable bonds is 6. The highest BCUT2D eigenvalue weighted by Crippen LogP contribution is 2.26. The summed E-state index contributed by atoms with van der Waals surface area (Å²) in [4.78, 5) is 24.6. The van der Waals surface area contributed by atoms with E-state index in [1.165, 1.54) is 11.3 Å². The fourth-order valence-electron chi connectivity index (χ4n) is 2.02. The molecule has 0 aliphatic rings. The minimum atomic E-state index is -0.526. The van der Waals surface area contributed by atoms with Crippen molar-refractivity contribution in [2.75, 3.05) is 6.61 Å². The quantitative estimate of drug-likeness (QED) is 0.815. The van der Waals surface area contributed by atoms with Crippen LogP contribution in [0.15, 0.2) is 41.8 Å². The third-order valence-corrected chi connectivity index (χ3v) is 4.22. The molecule has 1 aromatic heterocycles. The van der Waals surface area contributed by atoms with Gasteiger partial charge >= 0.3 is 5.97 Å². The summed E-state index contributed by atoms with van der Waals surface area (Å²) in [5, 5.41) is 5.18. The molecule has 1 atom stereocenters. The topological polar surface area (TPSA) is 55.4 Å². The predicted octanol–water partition coefficient (Wildman–Crippen LogP) is 3.83. The van der Waals surface area contributed by atoms with E-state index < -0.39 is 6.04 Å². The number of halogens is 1. The van der Waals surface area contributed by atoms with Crippen LogP contribution in [0.1, 0.15) is 34.6 Å². The molecule has 0 saturated carbocycles. The van der Waals surface area contributed by atoms with E-state index in [4.69, 9.17) is 16.3 Å². The minimum Gasteiger partial charge on any atom is -0.466 e. The second-order valence-corrected chi connectivity index (χ2v) is 5.89. The van der Waals surface area contributed by atoms with Crippen LogP contribution in [-0.2, 0) is 9.53 Å². The smallest absolute Gasteiger partial charge is 0.308 e. The first-order valence-electron chi connectivity index (χ1n) is 6.86. The van der Waals surface area contributed by atoms with E-state index in [0.717, 1.165) is 0 Å². The van der Waals surface area contributed by atoms with E-state index in [9.17, 15) is 9.59 Å². The van der Waals surface area contributed by atoms with Gasteiger partial charge in [-0.15, -0.1) is 11.3 Å². The van der Waals surface area contributed by atoms with Gasteiger partial charge in [-0.2, -0.15) is 0 Å². The molecular formula is C16H16ClNO3S. The highest BCUT2D eigenvalue weighted by Gasteiger charge is 2.22. The summed E-state index contributed by atoms with van der Waals surface area (Å²) in [6.45, 7) is 2.04. The Bertz CT molecular complexity index is 643. The van der Waals surface area contributed by atoms with Gasteiger partial charge in [-0.3, -0.25) is 9.59 Å². The number of benzene rings is 1. The fourth-order valence-corrected chi connectivity index (χ4v) is 2.91. The Balaban J connectivity index is 2.20. The van der Waals surface area contributed by atoms with Crippen LogP contribution in [-0.4, -0.2) is 18.5 Å². The lowest BCUT2D eigenvalue weighted by Crippen LogP contribution is -2.30. The van der Waals surface area contributed by atoms with Crippen molar-refractivity contribution in [1.29, 1.82) is 0 Å². The molecule has 4 nitrogen and oxygen atoms in total. The van der Waals surface area contributed by atoms with E-state index >= 15 is 0 Å². The molecule has 1 amide bonds. The highest BCUT2D eigenvalue weighted by atomic mass is 35.5. The molecule has 0 aliphatic heterocycles. The number of carbonyl (C=O) groups is 2. The van der Waals surface area contributed by atoms with Crippen molar-refractivity contribution in [1.82, 2.24) is 5.32 Å².